The number of aliphatic hydroxyl groups is 1. The minimum atomic E-state index is -0.0318. The predicted molar refractivity (Wildman–Crippen MR) is 78.4 cm³/mol. The van der Waals surface area contributed by atoms with E-state index in [2.05, 4.69) is 29.3 Å². The zero-order valence-corrected chi connectivity index (χ0v) is 11.8. The maximum absolute atomic E-state index is 9.46. The Morgan fingerprint density at radius 2 is 2.11 bits per heavy atom. The Labute approximate surface area is 116 Å². The molecule has 0 bridgehead atoms. The van der Waals surface area contributed by atoms with Gasteiger partial charge in [0.25, 0.3) is 0 Å². The molecule has 0 fully saturated rings. The first-order valence-corrected chi connectivity index (χ1v) is 7.17. The zero-order chi connectivity index (χ0) is 13.0. The average molecular weight is 282 g/mol. The molecule has 1 aromatic heterocycles. The van der Waals surface area contributed by atoms with Crippen LogP contribution in [0, 0.1) is 0 Å². The summed E-state index contributed by atoms with van der Waals surface area (Å²) in [6.45, 7) is 3.80. The topological polar surface area (TPSA) is 23.5 Å². The van der Waals surface area contributed by atoms with Crippen molar-refractivity contribution in [1.29, 1.82) is 0 Å². The van der Waals surface area contributed by atoms with E-state index in [0.29, 0.717) is 5.02 Å². The first-order chi connectivity index (χ1) is 8.76. The van der Waals surface area contributed by atoms with Crippen LogP contribution in [0.4, 0.5) is 5.69 Å². The lowest BCUT2D eigenvalue weighted by molar-refractivity contribution is 0.282. The first kappa shape index (κ1) is 13.4. The van der Waals surface area contributed by atoms with Crippen LogP contribution in [0.2, 0.25) is 5.02 Å². The highest BCUT2D eigenvalue weighted by molar-refractivity contribution is 7.09. The molecule has 0 aliphatic heterocycles. The van der Waals surface area contributed by atoms with Gasteiger partial charge in [0.1, 0.15) is 0 Å². The Bertz CT molecular complexity index is 499. The molecule has 1 aromatic carbocycles. The summed E-state index contributed by atoms with van der Waals surface area (Å²) >= 11 is 7.87. The molecule has 0 atom stereocenters. The third kappa shape index (κ3) is 2.86. The average Bonchev–Trinajstić information content (AvgIpc) is 2.88. The number of nitrogens with zero attached hydrogens (tertiary/aromatic N) is 1. The fourth-order valence-corrected chi connectivity index (χ4v) is 2.91. The zero-order valence-electron chi connectivity index (χ0n) is 10.3. The second kappa shape index (κ2) is 6.23. The van der Waals surface area contributed by atoms with E-state index in [0.717, 1.165) is 24.3 Å². The van der Waals surface area contributed by atoms with Crippen LogP contribution >= 0.6 is 22.9 Å². The number of halogens is 1. The summed E-state index contributed by atoms with van der Waals surface area (Å²) in [4.78, 5) is 3.53. The van der Waals surface area contributed by atoms with E-state index in [1.807, 2.05) is 18.2 Å². The van der Waals surface area contributed by atoms with Gasteiger partial charge in [0, 0.05) is 27.7 Å². The smallest absolute Gasteiger partial charge is 0.0716 e. The van der Waals surface area contributed by atoms with Crippen molar-refractivity contribution < 1.29 is 5.11 Å². The van der Waals surface area contributed by atoms with Crippen LogP contribution < -0.4 is 4.90 Å². The molecule has 0 spiro atoms. The molecule has 4 heteroatoms. The van der Waals surface area contributed by atoms with Crippen molar-refractivity contribution in [3.05, 3.63) is 51.2 Å². The van der Waals surface area contributed by atoms with Crippen molar-refractivity contribution in [1.82, 2.24) is 0 Å². The molecule has 2 rings (SSSR count). The Hall–Kier alpha value is -1.03. The lowest BCUT2D eigenvalue weighted by atomic mass is 10.1. The van der Waals surface area contributed by atoms with Crippen LogP contribution in [0.3, 0.4) is 0 Å². The van der Waals surface area contributed by atoms with E-state index in [9.17, 15) is 5.11 Å². The Balaban J connectivity index is 2.30. The number of hydrogen-bond donors (Lipinski definition) is 1. The van der Waals surface area contributed by atoms with E-state index < -0.39 is 0 Å². The summed E-state index contributed by atoms with van der Waals surface area (Å²) in [5.41, 5.74) is 1.82. The molecule has 0 radical (unpaired) electrons. The van der Waals surface area contributed by atoms with Crippen LogP contribution in [0.1, 0.15) is 17.4 Å². The molecular weight excluding hydrogens is 266 g/mol. The second-order valence-corrected chi connectivity index (χ2v) is 5.43. The van der Waals surface area contributed by atoms with Gasteiger partial charge in [0.05, 0.1) is 13.2 Å². The molecule has 0 unspecified atom stereocenters. The van der Waals surface area contributed by atoms with Crippen molar-refractivity contribution in [3.63, 3.8) is 0 Å². The first-order valence-electron chi connectivity index (χ1n) is 5.91. The van der Waals surface area contributed by atoms with Gasteiger partial charge in [-0.25, -0.2) is 0 Å². The summed E-state index contributed by atoms with van der Waals surface area (Å²) < 4.78 is 0. The lowest BCUT2D eigenvalue weighted by Gasteiger charge is -2.25. The molecule has 0 saturated heterocycles. The maximum Gasteiger partial charge on any atom is 0.0716 e. The summed E-state index contributed by atoms with van der Waals surface area (Å²) in [7, 11) is 0. The summed E-state index contributed by atoms with van der Waals surface area (Å²) in [5, 5.41) is 12.2. The normalized spacial score (nSPS) is 10.6. The number of rotatable bonds is 5. The minimum Gasteiger partial charge on any atom is -0.392 e. The van der Waals surface area contributed by atoms with Crippen molar-refractivity contribution in [2.75, 3.05) is 11.4 Å². The quantitative estimate of drug-likeness (QED) is 0.898. The lowest BCUT2D eigenvalue weighted by Crippen LogP contribution is -2.22. The number of hydrogen-bond acceptors (Lipinski definition) is 3. The number of thiophene rings is 1. The summed E-state index contributed by atoms with van der Waals surface area (Å²) in [5.74, 6) is 0. The second-order valence-electron chi connectivity index (χ2n) is 3.99. The molecule has 0 amide bonds. The largest absolute Gasteiger partial charge is 0.392 e. The molecule has 0 saturated carbocycles. The molecule has 1 N–H and O–H groups in total. The summed E-state index contributed by atoms with van der Waals surface area (Å²) in [6.07, 6.45) is 0. The standard InChI is InChI=1S/C14H16ClNOS/c1-2-16(9-11-5-4-8-18-11)14-7-3-6-13(15)12(14)10-17/h3-8,17H,2,9-10H2,1H3. The molecule has 0 aliphatic rings. The van der Waals surface area contributed by atoms with E-state index in [4.69, 9.17) is 11.6 Å². The van der Waals surface area contributed by atoms with E-state index >= 15 is 0 Å². The van der Waals surface area contributed by atoms with Crippen molar-refractivity contribution in [3.8, 4) is 0 Å². The molecule has 0 aliphatic carbocycles. The number of aliphatic hydroxyl groups excluding tert-OH is 1. The van der Waals surface area contributed by atoms with Gasteiger partial charge in [-0.15, -0.1) is 11.3 Å². The van der Waals surface area contributed by atoms with Gasteiger partial charge >= 0.3 is 0 Å². The van der Waals surface area contributed by atoms with Gasteiger partial charge < -0.3 is 10.0 Å². The van der Waals surface area contributed by atoms with Gasteiger partial charge in [0.2, 0.25) is 0 Å². The van der Waals surface area contributed by atoms with Gasteiger partial charge in [0.15, 0.2) is 0 Å². The number of anilines is 1. The maximum atomic E-state index is 9.46. The molecule has 2 aromatic rings. The van der Waals surface area contributed by atoms with Crippen molar-refractivity contribution in [2.45, 2.75) is 20.1 Å². The van der Waals surface area contributed by atoms with Crippen LogP contribution in [0.25, 0.3) is 0 Å². The molecule has 1 heterocycles. The van der Waals surface area contributed by atoms with Crippen LogP contribution in [0.5, 0.6) is 0 Å². The Kier molecular flexibility index (Phi) is 4.64. The highest BCUT2D eigenvalue weighted by Gasteiger charge is 2.12. The van der Waals surface area contributed by atoms with E-state index in [-0.39, 0.29) is 6.61 Å². The predicted octanol–water partition coefficient (Wildman–Crippen LogP) is 3.92. The molecule has 18 heavy (non-hydrogen) atoms. The molecule has 96 valence electrons. The van der Waals surface area contributed by atoms with Gasteiger partial charge in [-0.1, -0.05) is 23.7 Å². The van der Waals surface area contributed by atoms with Crippen molar-refractivity contribution in [2.24, 2.45) is 0 Å². The van der Waals surface area contributed by atoms with E-state index in [1.165, 1.54) is 4.88 Å². The fourth-order valence-electron chi connectivity index (χ4n) is 1.96. The van der Waals surface area contributed by atoms with Gasteiger partial charge in [-0.2, -0.15) is 0 Å². The highest BCUT2D eigenvalue weighted by Crippen LogP contribution is 2.29. The van der Waals surface area contributed by atoms with Crippen molar-refractivity contribution >= 4 is 28.6 Å². The number of benzene rings is 1. The van der Waals surface area contributed by atoms with E-state index in [1.54, 1.807) is 11.3 Å². The SMILES string of the molecule is CCN(Cc1cccs1)c1cccc(Cl)c1CO. The van der Waals surface area contributed by atoms with Gasteiger partial charge in [-0.05, 0) is 30.5 Å². The fraction of sp³-hybridized carbons (Fsp3) is 0.286. The third-order valence-electron chi connectivity index (χ3n) is 2.90. The Morgan fingerprint density at radius 3 is 2.72 bits per heavy atom. The Morgan fingerprint density at radius 1 is 1.28 bits per heavy atom. The van der Waals surface area contributed by atoms with Gasteiger partial charge in [-0.3, -0.25) is 0 Å². The van der Waals surface area contributed by atoms with Crippen LogP contribution in [-0.2, 0) is 13.2 Å². The third-order valence-corrected chi connectivity index (χ3v) is 4.12. The minimum absolute atomic E-state index is 0.0318. The molecular formula is C14H16ClNOS. The monoisotopic (exact) mass is 281 g/mol. The van der Waals surface area contributed by atoms with Crippen LogP contribution in [-0.4, -0.2) is 11.7 Å². The summed E-state index contributed by atoms with van der Waals surface area (Å²) in [6, 6.07) is 9.92. The molecule has 2 nitrogen and oxygen atoms in total. The highest BCUT2D eigenvalue weighted by atomic mass is 35.5. The van der Waals surface area contributed by atoms with Crippen LogP contribution in [0.15, 0.2) is 35.7 Å².